The predicted molar refractivity (Wildman–Crippen MR) is 137 cm³/mol. The lowest BCUT2D eigenvalue weighted by atomic mass is 10.0. The van der Waals surface area contributed by atoms with Crippen LogP contribution in [0.15, 0.2) is 91.0 Å². The molecule has 0 atom stereocenters. The van der Waals surface area contributed by atoms with Gasteiger partial charge in [-0.15, -0.1) is 0 Å². The van der Waals surface area contributed by atoms with Gasteiger partial charge in [0.2, 0.25) is 6.79 Å². The highest BCUT2D eigenvalue weighted by molar-refractivity contribution is 5.87. The van der Waals surface area contributed by atoms with Crippen molar-refractivity contribution >= 4 is 11.6 Å². The molecule has 6 nitrogen and oxygen atoms in total. The maximum Gasteiger partial charge on any atom is 0.231 e. The number of aliphatic hydroxyl groups is 1. The number of aromatic hydroxyl groups is 1. The van der Waals surface area contributed by atoms with Gasteiger partial charge in [-0.2, -0.15) is 0 Å². The van der Waals surface area contributed by atoms with E-state index in [1.165, 1.54) is 0 Å². The van der Waals surface area contributed by atoms with E-state index >= 15 is 0 Å². The van der Waals surface area contributed by atoms with Crippen LogP contribution in [-0.2, 0) is 13.2 Å². The number of rotatable bonds is 9. The van der Waals surface area contributed by atoms with Crippen molar-refractivity contribution in [3.05, 3.63) is 113 Å². The summed E-state index contributed by atoms with van der Waals surface area (Å²) in [6.07, 6.45) is 1.73. The summed E-state index contributed by atoms with van der Waals surface area (Å²) < 4.78 is 23.0. The average Bonchev–Trinajstić information content (AvgIpc) is 3.38. The molecule has 4 aromatic rings. The minimum Gasteiger partial charge on any atom is -0.507 e. The molecule has 0 aromatic heterocycles. The average molecular weight is 483 g/mol. The fourth-order valence-corrected chi connectivity index (χ4v) is 3.90. The van der Waals surface area contributed by atoms with Gasteiger partial charge in [0.1, 0.15) is 30.5 Å². The number of fused-ring (bicyclic) bond motifs is 1. The van der Waals surface area contributed by atoms with Crippen molar-refractivity contribution in [3.8, 4) is 28.7 Å². The van der Waals surface area contributed by atoms with E-state index in [1.807, 2.05) is 60.7 Å². The summed E-state index contributed by atoms with van der Waals surface area (Å²) in [4.78, 5) is 0. The third-order valence-electron chi connectivity index (χ3n) is 5.81. The van der Waals surface area contributed by atoms with Crippen molar-refractivity contribution in [1.82, 2.24) is 0 Å². The number of phenolic OH excluding ortho intramolecular Hbond substituents is 1. The molecule has 182 valence electrons. The predicted octanol–water partition coefficient (Wildman–Crippen LogP) is 5.81. The minimum absolute atomic E-state index is 0.0407. The Morgan fingerprint density at radius 1 is 0.778 bits per heavy atom. The van der Waals surface area contributed by atoms with Crippen molar-refractivity contribution in [2.45, 2.75) is 13.2 Å². The summed E-state index contributed by atoms with van der Waals surface area (Å²) >= 11 is 0. The monoisotopic (exact) mass is 482 g/mol. The molecule has 4 aromatic carbocycles. The van der Waals surface area contributed by atoms with Crippen LogP contribution in [0.4, 0.5) is 0 Å². The zero-order chi connectivity index (χ0) is 24.7. The number of phenols is 1. The Kier molecular flexibility index (Phi) is 7.05. The topological polar surface area (TPSA) is 77.4 Å². The summed E-state index contributed by atoms with van der Waals surface area (Å²) in [5, 5.41) is 20.9. The molecule has 0 amide bonds. The van der Waals surface area contributed by atoms with Crippen LogP contribution in [-0.4, -0.2) is 23.6 Å². The third-order valence-corrected chi connectivity index (χ3v) is 5.81. The van der Waals surface area contributed by atoms with Crippen LogP contribution in [0.5, 0.6) is 28.7 Å². The second-order valence-corrected chi connectivity index (χ2v) is 8.30. The molecule has 36 heavy (non-hydrogen) atoms. The molecule has 0 saturated heterocycles. The van der Waals surface area contributed by atoms with Gasteiger partial charge in [-0.1, -0.05) is 60.7 Å². The molecule has 0 bridgehead atoms. The molecule has 0 aliphatic carbocycles. The molecule has 0 unspecified atom stereocenters. The van der Waals surface area contributed by atoms with Crippen molar-refractivity contribution in [1.29, 1.82) is 0 Å². The first-order valence-corrected chi connectivity index (χ1v) is 11.6. The van der Waals surface area contributed by atoms with Gasteiger partial charge in [-0.25, -0.2) is 0 Å². The van der Waals surface area contributed by atoms with E-state index in [9.17, 15) is 10.2 Å². The summed E-state index contributed by atoms with van der Waals surface area (Å²) in [5.41, 5.74) is 3.80. The number of hydrogen-bond donors (Lipinski definition) is 2. The Balaban J connectivity index is 1.40. The summed E-state index contributed by atoms with van der Waals surface area (Å²) in [6.45, 7) is 0.606. The molecule has 0 spiro atoms. The standard InChI is InChI=1S/C30H26O6/c31-17-24(13-23-11-12-25(14-27(23)32)33-18-21-7-3-1-4-8-21)26-15-29-30(36-20-35-29)16-28(26)34-19-22-9-5-2-6-10-22/h1-16,31-32H,17-20H2/b24-13+. The Morgan fingerprint density at radius 2 is 1.42 bits per heavy atom. The first kappa shape index (κ1) is 23.3. The number of aliphatic hydroxyl groups excluding tert-OH is 1. The maximum atomic E-state index is 10.7. The van der Waals surface area contributed by atoms with E-state index in [0.29, 0.717) is 52.9 Å². The molecule has 1 heterocycles. The number of benzene rings is 4. The minimum atomic E-state index is -0.271. The van der Waals surface area contributed by atoms with Gasteiger partial charge >= 0.3 is 0 Å². The van der Waals surface area contributed by atoms with Gasteiger partial charge < -0.3 is 29.2 Å². The van der Waals surface area contributed by atoms with Crippen LogP contribution < -0.4 is 18.9 Å². The molecule has 1 aliphatic heterocycles. The molecule has 0 fully saturated rings. The highest BCUT2D eigenvalue weighted by atomic mass is 16.7. The number of ether oxygens (including phenoxy) is 4. The van der Waals surface area contributed by atoms with Gasteiger partial charge in [-0.3, -0.25) is 0 Å². The van der Waals surface area contributed by atoms with E-state index in [1.54, 1.807) is 36.4 Å². The largest absolute Gasteiger partial charge is 0.507 e. The smallest absolute Gasteiger partial charge is 0.231 e. The van der Waals surface area contributed by atoms with Crippen molar-refractivity contribution in [3.63, 3.8) is 0 Å². The van der Waals surface area contributed by atoms with Crippen molar-refractivity contribution < 1.29 is 29.2 Å². The summed E-state index contributed by atoms with van der Waals surface area (Å²) in [5.74, 6) is 2.30. The molecule has 6 heteroatoms. The normalized spacial score (nSPS) is 12.4. The molecule has 2 N–H and O–H groups in total. The van der Waals surface area contributed by atoms with E-state index in [4.69, 9.17) is 18.9 Å². The zero-order valence-electron chi connectivity index (χ0n) is 19.6. The van der Waals surface area contributed by atoms with E-state index < -0.39 is 0 Å². The van der Waals surface area contributed by atoms with Gasteiger partial charge in [0.05, 0.1) is 6.61 Å². The lowest BCUT2D eigenvalue weighted by molar-refractivity contribution is 0.173. The molecule has 1 aliphatic rings. The Bertz CT molecular complexity index is 1350. The van der Waals surface area contributed by atoms with Crippen LogP contribution >= 0.6 is 0 Å². The summed E-state index contributed by atoms with van der Waals surface area (Å²) in [6, 6.07) is 28.3. The highest BCUT2D eigenvalue weighted by Crippen LogP contribution is 2.42. The Hall–Kier alpha value is -4.42. The fraction of sp³-hybridized carbons (Fsp3) is 0.133. The second-order valence-electron chi connectivity index (χ2n) is 8.30. The van der Waals surface area contributed by atoms with E-state index in [0.717, 1.165) is 11.1 Å². The molecule has 0 radical (unpaired) electrons. The van der Waals surface area contributed by atoms with Crippen LogP contribution in [0.2, 0.25) is 0 Å². The second kappa shape index (κ2) is 10.9. The van der Waals surface area contributed by atoms with Gasteiger partial charge in [0.15, 0.2) is 11.5 Å². The first-order valence-electron chi connectivity index (χ1n) is 11.6. The van der Waals surface area contributed by atoms with E-state index in [-0.39, 0.29) is 19.1 Å². The van der Waals surface area contributed by atoms with Gasteiger partial charge in [0, 0.05) is 23.3 Å². The molecular weight excluding hydrogens is 456 g/mol. The quantitative estimate of drug-likeness (QED) is 0.293. The SMILES string of the molecule is OC/C(=C\c1ccc(OCc2ccccc2)cc1O)c1cc2c(cc1OCc1ccccc1)OCO2. The highest BCUT2D eigenvalue weighted by Gasteiger charge is 2.20. The lowest BCUT2D eigenvalue weighted by Gasteiger charge is -2.15. The Morgan fingerprint density at radius 3 is 2.06 bits per heavy atom. The van der Waals surface area contributed by atoms with Crippen LogP contribution in [0, 0.1) is 0 Å². The number of hydrogen-bond acceptors (Lipinski definition) is 6. The zero-order valence-corrected chi connectivity index (χ0v) is 19.6. The molecule has 5 rings (SSSR count). The van der Waals surface area contributed by atoms with Crippen LogP contribution in [0.3, 0.4) is 0 Å². The van der Waals surface area contributed by atoms with Crippen LogP contribution in [0.1, 0.15) is 22.3 Å². The fourth-order valence-electron chi connectivity index (χ4n) is 3.90. The van der Waals surface area contributed by atoms with Gasteiger partial charge in [0.25, 0.3) is 0 Å². The van der Waals surface area contributed by atoms with Crippen molar-refractivity contribution in [2.75, 3.05) is 13.4 Å². The van der Waals surface area contributed by atoms with E-state index in [2.05, 4.69) is 0 Å². The van der Waals surface area contributed by atoms with Gasteiger partial charge in [-0.05, 0) is 41.0 Å². The lowest BCUT2D eigenvalue weighted by Crippen LogP contribution is -2.00. The maximum absolute atomic E-state index is 10.7. The first-order chi connectivity index (χ1) is 17.7. The Labute approximate surface area is 209 Å². The summed E-state index contributed by atoms with van der Waals surface area (Å²) in [7, 11) is 0. The van der Waals surface area contributed by atoms with Crippen molar-refractivity contribution in [2.24, 2.45) is 0 Å². The molecular formula is C30H26O6. The molecule has 0 saturated carbocycles. The third kappa shape index (κ3) is 5.45. The van der Waals surface area contributed by atoms with Crippen LogP contribution in [0.25, 0.3) is 11.6 Å².